The molecule has 1 aliphatic carbocycles. The number of fused-ring (bicyclic) bond motifs is 9. The molecule has 0 aliphatic heterocycles. The Hall–Kier alpha value is -6.96. The van der Waals surface area contributed by atoms with Gasteiger partial charge in [0, 0.05) is 22.4 Å². The highest BCUT2D eigenvalue weighted by atomic mass is 15.1. The van der Waals surface area contributed by atoms with E-state index in [9.17, 15) is 0 Å². The molecule has 0 saturated heterocycles. The summed E-state index contributed by atoms with van der Waals surface area (Å²) in [7, 11) is 0. The number of hydrogen-bond acceptors (Lipinski definition) is 1. The molecule has 0 saturated carbocycles. The molecule has 10 aromatic rings. The molecule has 1 aliphatic rings. The molecule has 56 heavy (non-hydrogen) atoms. The molecule has 10 aromatic carbocycles. The second-order valence-electron chi connectivity index (χ2n) is 15.7. The summed E-state index contributed by atoms with van der Waals surface area (Å²) in [6.45, 7) is 4.72. The lowest BCUT2D eigenvalue weighted by atomic mass is 9.82. The zero-order valence-corrected chi connectivity index (χ0v) is 31.5. The van der Waals surface area contributed by atoms with Crippen molar-refractivity contribution < 1.29 is 0 Å². The van der Waals surface area contributed by atoms with Crippen molar-refractivity contribution in [2.24, 2.45) is 0 Å². The van der Waals surface area contributed by atoms with Crippen LogP contribution >= 0.6 is 0 Å². The molecular formula is C55H39N. The van der Waals surface area contributed by atoms with Crippen LogP contribution in [0.2, 0.25) is 0 Å². The maximum atomic E-state index is 2.46. The van der Waals surface area contributed by atoms with Gasteiger partial charge in [0.15, 0.2) is 0 Å². The van der Waals surface area contributed by atoms with Crippen molar-refractivity contribution in [3.8, 4) is 33.4 Å². The first-order chi connectivity index (χ1) is 27.5. The van der Waals surface area contributed by atoms with Gasteiger partial charge in [0.05, 0.1) is 5.69 Å². The molecule has 0 bridgehead atoms. The van der Waals surface area contributed by atoms with Gasteiger partial charge >= 0.3 is 0 Å². The van der Waals surface area contributed by atoms with E-state index in [-0.39, 0.29) is 5.41 Å². The standard InChI is InChI=1S/C55H39N/c1-55(2)51-24-11-9-20-46(51)47-33-32-41(35-52(47)55)56(53-25-12-10-21-48(53)44-23-13-16-36-14-3-5-17-42(36)44)40-30-28-38(29-31-40)50-34-39-27-26-37-15-4-6-18-43(37)54(39)49-22-8-7-19-45(49)50/h3-35H,1-2H3. The van der Waals surface area contributed by atoms with E-state index in [1.54, 1.807) is 0 Å². The summed E-state index contributed by atoms with van der Waals surface area (Å²) in [5.74, 6) is 0. The van der Waals surface area contributed by atoms with Crippen LogP contribution in [0.15, 0.2) is 200 Å². The van der Waals surface area contributed by atoms with Gasteiger partial charge in [-0.05, 0) is 118 Å². The Bertz CT molecular complexity index is 3160. The second kappa shape index (κ2) is 12.5. The van der Waals surface area contributed by atoms with Gasteiger partial charge in [-0.25, -0.2) is 0 Å². The second-order valence-corrected chi connectivity index (χ2v) is 15.7. The van der Waals surface area contributed by atoms with Gasteiger partial charge < -0.3 is 4.90 Å². The van der Waals surface area contributed by atoms with Crippen molar-refractivity contribution in [2.75, 3.05) is 4.90 Å². The van der Waals surface area contributed by atoms with E-state index in [1.165, 1.54) is 87.6 Å². The highest BCUT2D eigenvalue weighted by Crippen LogP contribution is 2.51. The predicted octanol–water partition coefficient (Wildman–Crippen LogP) is 15.4. The van der Waals surface area contributed by atoms with Gasteiger partial charge in [0.2, 0.25) is 0 Å². The summed E-state index contributed by atoms with van der Waals surface area (Å²) >= 11 is 0. The number of hydrogen-bond donors (Lipinski definition) is 0. The van der Waals surface area contributed by atoms with E-state index >= 15 is 0 Å². The lowest BCUT2D eigenvalue weighted by Gasteiger charge is -2.30. The summed E-state index contributed by atoms with van der Waals surface area (Å²) in [5.41, 5.74) is 13.6. The molecule has 0 spiro atoms. The van der Waals surface area contributed by atoms with Crippen molar-refractivity contribution in [1.82, 2.24) is 0 Å². The van der Waals surface area contributed by atoms with Crippen LogP contribution < -0.4 is 4.90 Å². The summed E-state index contributed by atoms with van der Waals surface area (Å²) in [6, 6.07) is 74.0. The largest absolute Gasteiger partial charge is 0.310 e. The number of benzene rings is 10. The molecule has 11 rings (SSSR count). The van der Waals surface area contributed by atoms with E-state index in [1.807, 2.05) is 0 Å². The Morgan fingerprint density at radius 2 is 0.911 bits per heavy atom. The van der Waals surface area contributed by atoms with Crippen LogP contribution in [0.3, 0.4) is 0 Å². The van der Waals surface area contributed by atoms with Crippen LogP contribution in [-0.4, -0.2) is 0 Å². The summed E-state index contributed by atoms with van der Waals surface area (Å²) in [4.78, 5) is 2.46. The van der Waals surface area contributed by atoms with Gasteiger partial charge in [-0.1, -0.05) is 178 Å². The third-order valence-corrected chi connectivity index (χ3v) is 12.2. The number of anilines is 3. The molecule has 0 fully saturated rings. The Morgan fingerprint density at radius 1 is 0.339 bits per heavy atom. The maximum absolute atomic E-state index is 2.46. The Labute approximate surface area is 327 Å². The fourth-order valence-electron chi connectivity index (χ4n) is 9.52. The first-order valence-electron chi connectivity index (χ1n) is 19.6. The van der Waals surface area contributed by atoms with Gasteiger partial charge in [-0.2, -0.15) is 0 Å². The van der Waals surface area contributed by atoms with Crippen LogP contribution in [0.5, 0.6) is 0 Å². The minimum Gasteiger partial charge on any atom is -0.310 e. The summed E-state index contributed by atoms with van der Waals surface area (Å²) < 4.78 is 0. The van der Waals surface area contributed by atoms with Crippen molar-refractivity contribution in [2.45, 2.75) is 19.3 Å². The summed E-state index contributed by atoms with van der Waals surface area (Å²) in [5, 5.41) is 10.2. The normalized spacial score (nSPS) is 13.0. The maximum Gasteiger partial charge on any atom is 0.0540 e. The topological polar surface area (TPSA) is 3.24 Å². The average molecular weight is 714 g/mol. The number of nitrogens with zero attached hydrogens (tertiary/aromatic N) is 1. The molecule has 1 heteroatoms. The number of para-hydroxylation sites is 1. The van der Waals surface area contributed by atoms with Gasteiger partial charge in [0.1, 0.15) is 0 Å². The van der Waals surface area contributed by atoms with Crippen LogP contribution in [0, 0.1) is 0 Å². The molecule has 264 valence electrons. The van der Waals surface area contributed by atoms with E-state index in [4.69, 9.17) is 0 Å². The Kier molecular flexibility index (Phi) is 7.28. The molecule has 1 nitrogen and oxygen atoms in total. The minimum atomic E-state index is -0.116. The van der Waals surface area contributed by atoms with E-state index in [2.05, 4.69) is 219 Å². The zero-order chi connectivity index (χ0) is 37.4. The van der Waals surface area contributed by atoms with Crippen molar-refractivity contribution in [1.29, 1.82) is 0 Å². The SMILES string of the molecule is CC1(C)c2ccccc2-c2ccc(N(c3ccc(-c4cc5ccc6ccccc6c5c5ccccc45)cc3)c3ccccc3-c3cccc4ccccc34)cc21. The van der Waals surface area contributed by atoms with E-state index in [0.29, 0.717) is 0 Å². The van der Waals surface area contributed by atoms with Gasteiger partial charge in [-0.3, -0.25) is 0 Å². The molecule has 0 unspecified atom stereocenters. The lowest BCUT2D eigenvalue weighted by molar-refractivity contribution is 0.660. The number of rotatable bonds is 5. The first-order valence-corrected chi connectivity index (χ1v) is 19.6. The molecular weight excluding hydrogens is 675 g/mol. The predicted molar refractivity (Wildman–Crippen MR) is 240 cm³/mol. The molecule has 0 atom stereocenters. The van der Waals surface area contributed by atoms with E-state index in [0.717, 1.165) is 17.1 Å². The Balaban J connectivity index is 1.11. The van der Waals surface area contributed by atoms with Gasteiger partial charge in [-0.15, -0.1) is 0 Å². The van der Waals surface area contributed by atoms with E-state index < -0.39 is 0 Å². The third-order valence-electron chi connectivity index (χ3n) is 12.2. The van der Waals surface area contributed by atoms with Crippen LogP contribution in [0.4, 0.5) is 17.1 Å². The highest BCUT2D eigenvalue weighted by Gasteiger charge is 2.36. The molecule has 0 N–H and O–H groups in total. The quantitative estimate of drug-likeness (QED) is 0.161. The van der Waals surface area contributed by atoms with Crippen LogP contribution in [0.25, 0.3) is 76.5 Å². The molecule has 0 radical (unpaired) electrons. The zero-order valence-electron chi connectivity index (χ0n) is 31.5. The van der Waals surface area contributed by atoms with Crippen molar-refractivity contribution in [3.05, 3.63) is 211 Å². The van der Waals surface area contributed by atoms with Crippen LogP contribution in [0.1, 0.15) is 25.0 Å². The lowest BCUT2D eigenvalue weighted by Crippen LogP contribution is -2.16. The fourth-order valence-corrected chi connectivity index (χ4v) is 9.52. The smallest absolute Gasteiger partial charge is 0.0540 e. The van der Waals surface area contributed by atoms with Crippen molar-refractivity contribution in [3.63, 3.8) is 0 Å². The van der Waals surface area contributed by atoms with Crippen molar-refractivity contribution >= 4 is 60.2 Å². The fraction of sp³-hybridized carbons (Fsp3) is 0.0545. The highest BCUT2D eigenvalue weighted by molar-refractivity contribution is 6.23. The summed E-state index contributed by atoms with van der Waals surface area (Å²) in [6.07, 6.45) is 0. The monoisotopic (exact) mass is 713 g/mol. The molecule has 0 aromatic heterocycles. The van der Waals surface area contributed by atoms with Crippen LogP contribution in [-0.2, 0) is 5.41 Å². The first kappa shape index (κ1) is 32.5. The third kappa shape index (κ3) is 4.94. The minimum absolute atomic E-state index is 0.116. The average Bonchev–Trinajstić information content (AvgIpc) is 3.49. The Morgan fingerprint density at radius 3 is 1.73 bits per heavy atom. The molecule has 0 heterocycles. The molecule has 0 amide bonds. The van der Waals surface area contributed by atoms with Gasteiger partial charge in [0.25, 0.3) is 0 Å².